The Morgan fingerprint density at radius 3 is 2.49 bits per heavy atom. The van der Waals surface area contributed by atoms with E-state index in [-0.39, 0.29) is 35.0 Å². The first-order chi connectivity index (χ1) is 16.6. The van der Waals surface area contributed by atoms with E-state index in [0.717, 1.165) is 16.4 Å². The second kappa shape index (κ2) is 9.49. The second-order valence-electron chi connectivity index (χ2n) is 7.70. The Bertz CT molecular complexity index is 1330. The van der Waals surface area contributed by atoms with Crippen molar-refractivity contribution in [1.29, 1.82) is 0 Å². The number of sulfonamides is 1. The first kappa shape index (κ1) is 24.4. The molecule has 4 rings (SSSR count). The Morgan fingerprint density at radius 1 is 1.09 bits per heavy atom. The number of nitrogens with one attached hydrogen (secondary N) is 1. The molecule has 0 saturated heterocycles. The molecule has 0 fully saturated rings. The van der Waals surface area contributed by atoms with Crippen LogP contribution in [0, 0.1) is 0 Å². The summed E-state index contributed by atoms with van der Waals surface area (Å²) in [5, 5.41) is 2.54. The number of para-hydroxylation sites is 2. The quantitative estimate of drug-likeness (QED) is 0.547. The van der Waals surface area contributed by atoms with E-state index in [0.29, 0.717) is 5.75 Å². The zero-order valence-corrected chi connectivity index (χ0v) is 19.3. The normalized spacial score (nSPS) is 15.7. The van der Waals surface area contributed by atoms with E-state index < -0.39 is 33.8 Å². The van der Waals surface area contributed by atoms with Crippen LogP contribution in [-0.2, 0) is 27.5 Å². The number of ether oxygens (including phenoxy) is 2. The molecule has 184 valence electrons. The van der Waals surface area contributed by atoms with Gasteiger partial charge < -0.3 is 14.8 Å². The molecule has 0 aromatic heterocycles. The van der Waals surface area contributed by atoms with Gasteiger partial charge in [-0.1, -0.05) is 24.3 Å². The fourth-order valence-electron chi connectivity index (χ4n) is 3.60. The Morgan fingerprint density at radius 2 is 1.80 bits per heavy atom. The van der Waals surface area contributed by atoms with Gasteiger partial charge in [-0.05, 0) is 54.1 Å². The molecule has 1 amide bonds. The Hall–Kier alpha value is -3.73. The Labute approximate surface area is 200 Å². The maximum atomic E-state index is 13.4. The summed E-state index contributed by atoms with van der Waals surface area (Å²) in [5.41, 5.74) is -0.318. The zero-order chi connectivity index (χ0) is 25.2. The van der Waals surface area contributed by atoms with Gasteiger partial charge in [0.2, 0.25) is 0 Å². The molecular formula is C24H21F3N2O5S. The van der Waals surface area contributed by atoms with Crippen molar-refractivity contribution < 1.29 is 35.9 Å². The number of benzene rings is 3. The van der Waals surface area contributed by atoms with Crippen LogP contribution in [-0.4, -0.2) is 34.1 Å². The fraction of sp³-hybridized carbons (Fsp3) is 0.208. The summed E-state index contributed by atoms with van der Waals surface area (Å²) in [5.74, 6) is 0.0140. The second-order valence-corrected chi connectivity index (χ2v) is 9.56. The summed E-state index contributed by atoms with van der Waals surface area (Å²) < 4.78 is 77.6. The summed E-state index contributed by atoms with van der Waals surface area (Å²) in [6.07, 6.45) is -5.73. The van der Waals surface area contributed by atoms with Gasteiger partial charge in [-0.3, -0.25) is 9.10 Å². The molecule has 0 unspecified atom stereocenters. The van der Waals surface area contributed by atoms with Crippen LogP contribution >= 0.6 is 0 Å². The zero-order valence-electron chi connectivity index (χ0n) is 18.5. The number of carbonyl (C=O) groups excluding carboxylic acids is 1. The van der Waals surface area contributed by atoms with E-state index in [1.807, 2.05) is 0 Å². The van der Waals surface area contributed by atoms with Crippen molar-refractivity contribution >= 4 is 21.6 Å². The van der Waals surface area contributed by atoms with Gasteiger partial charge in [-0.15, -0.1) is 0 Å². The standard InChI is InChI=1S/C24H21F3N2O5S/c1-33-18-9-11-19(12-10-18)35(31,32)29-15-22(34-21-8-3-2-7-20(21)29)23(30)28-14-16-5-4-6-17(13-16)24(25,26)27/h2-13,22H,14-15H2,1H3,(H,28,30)/t22-/m1/s1. The minimum atomic E-state index is -4.51. The molecule has 1 N–H and O–H groups in total. The van der Waals surface area contributed by atoms with E-state index >= 15 is 0 Å². The number of hydrogen-bond acceptors (Lipinski definition) is 5. The van der Waals surface area contributed by atoms with Crippen molar-refractivity contribution in [3.05, 3.63) is 83.9 Å². The van der Waals surface area contributed by atoms with Crippen molar-refractivity contribution in [3.63, 3.8) is 0 Å². The number of halogens is 3. The molecule has 1 atom stereocenters. The van der Waals surface area contributed by atoms with Crippen molar-refractivity contribution in [2.24, 2.45) is 0 Å². The number of anilines is 1. The summed E-state index contributed by atoms with van der Waals surface area (Å²) in [4.78, 5) is 12.9. The molecule has 1 aliphatic heterocycles. The third-order valence-corrected chi connectivity index (χ3v) is 7.19. The lowest BCUT2D eigenvalue weighted by Gasteiger charge is -2.34. The molecule has 0 aliphatic carbocycles. The molecule has 3 aromatic carbocycles. The van der Waals surface area contributed by atoms with Gasteiger partial charge in [0.1, 0.15) is 11.5 Å². The Balaban J connectivity index is 1.56. The highest BCUT2D eigenvalue weighted by molar-refractivity contribution is 7.92. The smallest absolute Gasteiger partial charge is 0.416 e. The van der Waals surface area contributed by atoms with Gasteiger partial charge in [0.05, 0.1) is 29.8 Å². The summed E-state index contributed by atoms with van der Waals surface area (Å²) >= 11 is 0. The summed E-state index contributed by atoms with van der Waals surface area (Å²) in [7, 11) is -2.60. The lowest BCUT2D eigenvalue weighted by atomic mass is 10.1. The predicted molar refractivity (Wildman–Crippen MR) is 122 cm³/mol. The molecule has 0 saturated carbocycles. The van der Waals surface area contributed by atoms with Crippen LogP contribution < -0.4 is 19.1 Å². The molecule has 0 radical (unpaired) electrons. The molecule has 1 aliphatic rings. The van der Waals surface area contributed by atoms with Gasteiger partial charge in [-0.2, -0.15) is 13.2 Å². The van der Waals surface area contributed by atoms with Crippen LogP contribution in [0.2, 0.25) is 0 Å². The topological polar surface area (TPSA) is 84.9 Å². The number of amides is 1. The minimum absolute atomic E-state index is 0.00173. The number of fused-ring (bicyclic) bond motifs is 1. The van der Waals surface area contributed by atoms with E-state index in [2.05, 4.69) is 5.32 Å². The third-order valence-electron chi connectivity index (χ3n) is 5.40. The van der Waals surface area contributed by atoms with E-state index in [1.54, 1.807) is 18.2 Å². The molecule has 7 nitrogen and oxygen atoms in total. The highest BCUT2D eigenvalue weighted by Crippen LogP contribution is 2.37. The summed E-state index contributed by atoms with van der Waals surface area (Å²) in [6, 6.07) is 16.8. The molecule has 11 heteroatoms. The largest absolute Gasteiger partial charge is 0.497 e. The highest BCUT2D eigenvalue weighted by atomic mass is 32.2. The van der Waals surface area contributed by atoms with Gasteiger partial charge in [0.15, 0.2) is 6.10 Å². The van der Waals surface area contributed by atoms with Crippen molar-refractivity contribution in [1.82, 2.24) is 5.32 Å². The lowest BCUT2D eigenvalue weighted by molar-refractivity contribution is -0.137. The fourth-order valence-corrected chi connectivity index (χ4v) is 5.08. The van der Waals surface area contributed by atoms with Crippen LogP contribution in [0.1, 0.15) is 11.1 Å². The number of alkyl halides is 3. The van der Waals surface area contributed by atoms with Crippen LogP contribution in [0.25, 0.3) is 0 Å². The molecule has 1 heterocycles. The maximum Gasteiger partial charge on any atom is 0.416 e. The average molecular weight is 507 g/mol. The molecule has 3 aromatic rings. The Kier molecular flexibility index (Phi) is 6.62. The van der Waals surface area contributed by atoms with Crippen molar-refractivity contribution in [3.8, 4) is 11.5 Å². The average Bonchev–Trinajstić information content (AvgIpc) is 2.86. The van der Waals surface area contributed by atoms with Gasteiger partial charge in [-0.25, -0.2) is 8.42 Å². The first-order valence-corrected chi connectivity index (χ1v) is 11.9. The number of carbonyl (C=O) groups is 1. The van der Waals surface area contributed by atoms with Crippen molar-refractivity contribution in [2.45, 2.75) is 23.7 Å². The highest BCUT2D eigenvalue weighted by Gasteiger charge is 2.37. The number of nitrogens with zero attached hydrogens (tertiary/aromatic N) is 1. The van der Waals surface area contributed by atoms with Crippen LogP contribution in [0.15, 0.2) is 77.7 Å². The van der Waals surface area contributed by atoms with Gasteiger partial charge >= 0.3 is 6.18 Å². The maximum absolute atomic E-state index is 13.4. The molecule has 0 spiro atoms. The van der Waals surface area contributed by atoms with E-state index in [1.165, 1.54) is 49.6 Å². The van der Waals surface area contributed by atoms with Crippen LogP contribution in [0.4, 0.5) is 18.9 Å². The third kappa shape index (κ3) is 5.19. The number of rotatable bonds is 6. The lowest BCUT2D eigenvalue weighted by Crippen LogP contribution is -2.50. The first-order valence-electron chi connectivity index (χ1n) is 10.5. The molecule has 0 bridgehead atoms. The van der Waals surface area contributed by atoms with Crippen molar-refractivity contribution in [2.75, 3.05) is 18.0 Å². The number of hydrogen-bond donors (Lipinski definition) is 1. The SMILES string of the molecule is COc1ccc(S(=O)(=O)N2C[C@H](C(=O)NCc3cccc(C(F)(F)F)c3)Oc3ccccc32)cc1. The van der Waals surface area contributed by atoms with Gasteiger partial charge in [0, 0.05) is 6.54 Å². The van der Waals surface area contributed by atoms with Crippen LogP contribution in [0.5, 0.6) is 11.5 Å². The van der Waals surface area contributed by atoms with Crippen LogP contribution in [0.3, 0.4) is 0 Å². The summed E-state index contributed by atoms with van der Waals surface area (Å²) in [6.45, 7) is -0.505. The molecular weight excluding hydrogens is 485 g/mol. The minimum Gasteiger partial charge on any atom is -0.497 e. The van der Waals surface area contributed by atoms with E-state index in [9.17, 15) is 26.4 Å². The van der Waals surface area contributed by atoms with Gasteiger partial charge in [0.25, 0.3) is 15.9 Å². The monoisotopic (exact) mass is 506 g/mol. The van der Waals surface area contributed by atoms with E-state index in [4.69, 9.17) is 9.47 Å². The number of methoxy groups -OCH3 is 1. The molecule has 35 heavy (non-hydrogen) atoms. The predicted octanol–water partition coefficient (Wildman–Crippen LogP) is 3.99.